The number of halogens is 1. The summed E-state index contributed by atoms with van der Waals surface area (Å²) < 4.78 is 0.306. The largest absolute Gasteiger partial charge is 0.288 e. The van der Waals surface area contributed by atoms with Crippen LogP contribution in [0.3, 0.4) is 0 Å². The summed E-state index contributed by atoms with van der Waals surface area (Å²) in [6.45, 7) is 2.27. The Balaban J connectivity index is 3.07. The number of carbonyl (C=O) groups excluding carboxylic acids is 1. The summed E-state index contributed by atoms with van der Waals surface area (Å²) in [4.78, 5) is 10.8. The molecule has 1 nitrogen and oxygen atoms in total. The Hall–Kier alpha value is 0.140. The standard InChI is InChI=1S/C18H33IO/c1-2-3-4-5-6-7-8-9-10-11-12-13-14-15-16-17-18(19)20/h9-10H,2-8,11-17H2,1H3/b10-9-. The molecule has 0 fully saturated rings. The molecule has 0 rings (SSSR count). The van der Waals surface area contributed by atoms with Gasteiger partial charge in [0.25, 0.3) is 0 Å². The van der Waals surface area contributed by atoms with Crippen LogP contribution < -0.4 is 0 Å². The van der Waals surface area contributed by atoms with E-state index in [0.29, 0.717) is 3.79 Å². The SMILES string of the molecule is CCCCCCCC/C=C\CCCCCCCC(=O)I. The molecule has 118 valence electrons. The number of unbranched alkanes of at least 4 members (excludes halogenated alkanes) is 11. The predicted octanol–water partition coefficient (Wildman–Crippen LogP) is 6.99. The summed E-state index contributed by atoms with van der Waals surface area (Å²) in [6.07, 6.45) is 22.6. The third-order valence-electron chi connectivity index (χ3n) is 3.64. The first kappa shape index (κ1) is 20.1. The van der Waals surface area contributed by atoms with Crippen LogP contribution in [0.2, 0.25) is 0 Å². The maximum absolute atomic E-state index is 10.8. The van der Waals surface area contributed by atoms with Gasteiger partial charge in [-0.25, -0.2) is 0 Å². The summed E-state index contributed by atoms with van der Waals surface area (Å²) in [5.74, 6) is 0. The predicted molar refractivity (Wildman–Crippen MR) is 98.5 cm³/mol. The molecule has 0 N–H and O–H groups in total. The van der Waals surface area contributed by atoms with Crippen LogP contribution in [0.15, 0.2) is 12.2 Å². The topological polar surface area (TPSA) is 17.1 Å². The van der Waals surface area contributed by atoms with E-state index in [1.807, 2.05) is 22.6 Å². The highest BCUT2D eigenvalue weighted by Crippen LogP contribution is 2.10. The Kier molecular flexibility index (Phi) is 17.3. The first-order valence-corrected chi connectivity index (χ1v) is 9.68. The lowest BCUT2D eigenvalue weighted by Crippen LogP contribution is -1.85. The average Bonchev–Trinajstić information content (AvgIpc) is 2.43. The molecule has 0 bridgehead atoms. The molecule has 0 aromatic heterocycles. The van der Waals surface area contributed by atoms with Crippen molar-refractivity contribution < 1.29 is 4.79 Å². The highest BCUT2D eigenvalue weighted by Gasteiger charge is 1.95. The fourth-order valence-corrected chi connectivity index (χ4v) is 2.72. The molecule has 0 saturated heterocycles. The average molecular weight is 392 g/mol. The lowest BCUT2D eigenvalue weighted by molar-refractivity contribution is -0.109. The Labute approximate surface area is 140 Å². The zero-order chi connectivity index (χ0) is 14.9. The van der Waals surface area contributed by atoms with Crippen LogP contribution in [0.4, 0.5) is 0 Å². The van der Waals surface area contributed by atoms with Gasteiger partial charge >= 0.3 is 0 Å². The van der Waals surface area contributed by atoms with Crippen molar-refractivity contribution in [3.05, 3.63) is 12.2 Å². The van der Waals surface area contributed by atoms with E-state index in [9.17, 15) is 4.79 Å². The molecule has 0 aromatic rings. The minimum atomic E-state index is 0.306. The first-order chi connectivity index (χ1) is 9.77. The molecule has 0 spiro atoms. The summed E-state index contributed by atoms with van der Waals surface area (Å²) in [7, 11) is 0. The molecule has 0 heterocycles. The second kappa shape index (κ2) is 17.2. The Bertz CT molecular complexity index is 236. The summed E-state index contributed by atoms with van der Waals surface area (Å²) >= 11 is 1.89. The maximum Gasteiger partial charge on any atom is 0.192 e. The molecule has 0 aliphatic carbocycles. The third kappa shape index (κ3) is 18.1. The smallest absolute Gasteiger partial charge is 0.192 e. The van der Waals surface area contributed by atoms with Gasteiger partial charge in [0.2, 0.25) is 0 Å². The van der Waals surface area contributed by atoms with Crippen molar-refractivity contribution in [2.75, 3.05) is 0 Å². The Morgan fingerprint density at radius 3 is 1.70 bits per heavy atom. The molecule has 20 heavy (non-hydrogen) atoms. The summed E-state index contributed by atoms with van der Waals surface area (Å²) in [6, 6.07) is 0. The van der Waals surface area contributed by atoms with Crippen molar-refractivity contribution >= 4 is 26.4 Å². The maximum atomic E-state index is 10.8. The van der Waals surface area contributed by atoms with Gasteiger partial charge in [-0.2, -0.15) is 0 Å². The summed E-state index contributed by atoms with van der Waals surface area (Å²) in [5, 5.41) is 0. The van der Waals surface area contributed by atoms with Crippen molar-refractivity contribution in [2.45, 2.75) is 96.8 Å². The minimum absolute atomic E-state index is 0.306. The minimum Gasteiger partial charge on any atom is -0.288 e. The molecule has 0 unspecified atom stereocenters. The molecule has 0 saturated carbocycles. The van der Waals surface area contributed by atoms with E-state index in [0.717, 1.165) is 12.8 Å². The van der Waals surface area contributed by atoms with Gasteiger partial charge in [0.1, 0.15) is 0 Å². The van der Waals surface area contributed by atoms with Crippen LogP contribution in [0, 0.1) is 0 Å². The van der Waals surface area contributed by atoms with E-state index < -0.39 is 0 Å². The zero-order valence-electron chi connectivity index (χ0n) is 13.3. The number of allylic oxidation sites excluding steroid dienone is 2. The lowest BCUT2D eigenvalue weighted by Gasteiger charge is -1.99. The fourth-order valence-electron chi connectivity index (χ4n) is 2.33. The molecule has 0 aliphatic rings. The Morgan fingerprint density at radius 2 is 1.20 bits per heavy atom. The molecule has 0 amide bonds. The molecular weight excluding hydrogens is 359 g/mol. The normalized spacial score (nSPS) is 11.3. The van der Waals surface area contributed by atoms with Gasteiger partial charge in [0, 0.05) is 6.42 Å². The molecule has 0 aliphatic heterocycles. The van der Waals surface area contributed by atoms with E-state index in [2.05, 4.69) is 19.1 Å². The van der Waals surface area contributed by atoms with Gasteiger partial charge < -0.3 is 0 Å². The number of hydrogen-bond donors (Lipinski definition) is 0. The van der Waals surface area contributed by atoms with Crippen LogP contribution in [-0.4, -0.2) is 3.79 Å². The molecule has 0 aromatic carbocycles. The van der Waals surface area contributed by atoms with Crippen LogP contribution in [0.25, 0.3) is 0 Å². The van der Waals surface area contributed by atoms with Gasteiger partial charge in [-0.3, -0.25) is 4.79 Å². The van der Waals surface area contributed by atoms with Crippen molar-refractivity contribution in [1.82, 2.24) is 0 Å². The molecule has 0 radical (unpaired) electrons. The van der Waals surface area contributed by atoms with Crippen molar-refractivity contribution in [1.29, 1.82) is 0 Å². The van der Waals surface area contributed by atoms with E-state index in [-0.39, 0.29) is 0 Å². The van der Waals surface area contributed by atoms with Gasteiger partial charge in [-0.05, 0) is 54.7 Å². The second-order valence-corrected chi connectivity index (χ2v) is 6.89. The zero-order valence-corrected chi connectivity index (χ0v) is 15.5. The first-order valence-electron chi connectivity index (χ1n) is 8.60. The van der Waals surface area contributed by atoms with Gasteiger partial charge in [-0.15, -0.1) is 0 Å². The van der Waals surface area contributed by atoms with Crippen LogP contribution >= 0.6 is 22.6 Å². The van der Waals surface area contributed by atoms with Crippen LogP contribution in [0.1, 0.15) is 96.8 Å². The highest BCUT2D eigenvalue weighted by atomic mass is 127. The van der Waals surface area contributed by atoms with Crippen LogP contribution in [0.5, 0.6) is 0 Å². The monoisotopic (exact) mass is 392 g/mol. The van der Waals surface area contributed by atoms with E-state index in [4.69, 9.17) is 0 Å². The quantitative estimate of drug-likeness (QED) is 0.127. The second-order valence-electron chi connectivity index (χ2n) is 5.69. The number of hydrogen-bond acceptors (Lipinski definition) is 1. The van der Waals surface area contributed by atoms with E-state index >= 15 is 0 Å². The lowest BCUT2D eigenvalue weighted by atomic mass is 10.1. The molecule has 2 heteroatoms. The molecular formula is C18H33IO. The van der Waals surface area contributed by atoms with E-state index in [1.54, 1.807) is 0 Å². The molecule has 0 atom stereocenters. The van der Waals surface area contributed by atoms with Crippen molar-refractivity contribution in [3.63, 3.8) is 0 Å². The highest BCUT2D eigenvalue weighted by molar-refractivity contribution is 14.1. The van der Waals surface area contributed by atoms with Crippen LogP contribution in [-0.2, 0) is 4.79 Å². The van der Waals surface area contributed by atoms with Gasteiger partial charge in [-0.1, -0.05) is 70.4 Å². The summed E-state index contributed by atoms with van der Waals surface area (Å²) in [5.41, 5.74) is 0. The van der Waals surface area contributed by atoms with Crippen molar-refractivity contribution in [3.8, 4) is 0 Å². The van der Waals surface area contributed by atoms with Gasteiger partial charge in [0.05, 0.1) is 0 Å². The van der Waals surface area contributed by atoms with E-state index in [1.165, 1.54) is 77.0 Å². The fraction of sp³-hybridized carbons (Fsp3) is 0.833. The Morgan fingerprint density at radius 1 is 0.750 bits per heavy atom. The number of rotatable bonds is 15. The number of carbonyl (C=O) groups is 1. The third-order valence-corrected chi connectivity index (χ3v) is 4.17. The van der Waals surface area contributed by atoms with Gasteiger partial charge in [0.15, 0.2) is 3.79 Å². The van der Waals surface area contributed by atoms with Crippen molar-refractivity contribution in [2.24, 2.45) is 0 Å².